The average Bonchev–Trinajstić information content (AvgIpc) is 3.01. The predicted molar refractivity (Wildman–Crippen MR) is 145 cm³/mol. The first kappa shape index (κ1) is 31.9. The van der Waals surface area contributed by atoms with Crippen LogP contribution in [0.1, 0.15) is 0 Å². The number of aliphatic hydroxyl groups is 7. The van der Waals surface area contributed by atoms with E-state index in [0.29, 0.717) is 5.56 Å². The van der Waals surface area contributed by atoms with Crippen LogP contribution < -0.4 is 14.9 Å². The number of aromatic hydroxyl groups is 2. The second-order valence-corrected chi connectivity index (χ2v) is 10.3. The second kappa shape index (κ2) is 12.8. The molecule has 2 aliphatic rings. The number of methoxy groups -OCH3 is 1. The zero-order valence-electron chi connectivity index (χ0n) is 23.0. The summed E-state index contributed by atoms with van der Waals surface area (Å²) < 4.78 is 34.1. The van der Waals surface area contributed by atoms with Crippen molar-refractivity contribution in [3.63, 3.8) is 0 Å². The fraction of sp³-hybridized carbons (Fsp3) is 0.464. The lowest BCUT2D eigenvalue weighted by atomic mass is 9.97. The van der Waals surface area contributed by atoms with Crippen LogP contribution in [0.5, 0.6) is 23.0 Å². The summed E-state index contributed by atoms with van der Waals surface area (Å²) in [5, 5.41) is 91.6. The predicted octanol–water partition coefficient (Wildman–Crippen LogP) is -2.12. The van der Waals surface area contributed by atoms with Crippen LogP contribution in [-0.2, 0) is 14.2 Å². The molecule has 0 unspecified atom stereocenters. The molecule has 0 spiro atoms. The van der Waals surface area contributed by atoms with Gasteiger partial charge in [-0.05, 0) is 24.3 Å². The van der Waals surface area contributed by atoms with Gasteiger partial charge in [0.1, 0.15) is 65.4 Å². The first-order chi connectivity index (χ1) is 21.0. The maximum Gasteiger partial charge on any atom is 0.230 e. The third-order valence-electron chi connectivity index (χ3n) is 7.47. The standard InChI is InChI=1S/C28H32O16/c1-39-15-7-13(33)18-12(32)6-14(10-2-4-11(31)5-3-10)40-25(18)24(15)43-28-26(22(37)20(35)17(9-30)42-28)44-27-23(38)21(36)19(34)16(8-29)41-27/h2-7,16-17,19-23,26-31,33-38H,8-9H2,1H3/t16-,17-,19-,20-,21+,22+,23-,26-,27+,28+/m1/s1. The zero-order chi connectivity index (χ0) is 31.9. The van der Waals surface area contributed by atoms with Crippen LogP contribution in [-0.4, -0.2) is 128 Å². The number of phenolic OH excluding ortho intramolecular Hbond substituents is 2. The number of benzene rings is 2. The highest BCUT2D eigenvalue weighted by Crippen LogP contribution is 2.43. The van der Waals surface area contributed by atoms with Crippen LogP contribution in [0.3, 0.4) is 0 Å². The van der Waals surface area contributed by atoms with Crippen molar-refractivity contribution in [3.05, 3.63) is 46.6 Å². The van der Waals surface area contributed by atoms with Crippen LogP contribution in [0.15, 0.2) is 45.6 Å². The highest BCUT2D eigenvalue weighted by molar-refractivity contribution is 5.91. The topological polar surface area (TPSA) is 258 Å². The van der Waals surface area contributed by atoms with Gasteiger partial charge in [0.25, 0.3) is 0 Å². The molecular formula is C28H32O16. The van der Waals surface area contributed by atoms with E-state index in [1.165, 1.54) is 31.4 Å². The van der Waals surface area contributed by atoms with E-state index in [-0.39, 0.29) is 34.0 Å². The molecule has 240 valence electrons. The normalized spacial score (nSPS) is 32.5. The van der Waals surface area contributed by atoms with Crippen LogP contribution in [0.2, 0.25) is 0 Å². The van der Waals surface area contributed by atoms with E-state index in [0.717, 1.165) is 12.1 Å². The van der Waals surface area contributed by atoms with Crippen molar-refractivity contribution >= 4 is 11.0 Å². The van der Waals surface area contributed by atoms with Crippen molar-refractivity contribution in [3.8, 4) is 34.3 Å². The Balaban J connectivity index is 1.58. The Morgan fingerprint density at radius 1 is 0.795 bits per heavy atom. The molecule has 1 aromatic heterocycles. The Kier molecular flexibility index (Phi) is 9.28. The SMILES string of the molecule is COc1cc(O)c2c(=O)cc(-c3ccc(O)cc3)oc2c1O[C@@H]1O[C@H](CO)[C@@H](O)[C@H](O)[C@H]1O[C@@H]1O[C@H](CO)[C@@H](O)[C@H](O)[C@H]1O. The Morgan fingerprint density at radius 2 is 1.41 bits per heavy atom. The van der Waals surface area contributed by atoms with Crippen molar-refractivity contribution < 1.29 is 74.1 Å². The van der Waals surface area contributed by atoms with Crippen molar-refractivity contribution in [2.45, 2.75) is 61.4 Å². The van der Waals surface area contributed by atoms with E-state index in [4.69, 9.17) is 28.1 Å². The van der Waals surface area contributed by atoms with E-state index >= 15 is 0 Å². The molecule has 0 radical (unpaired) electrons. The largest absolute Gasteiger partial charge is 0.508 e. The summed E-state index contributed by atoms with van der Waals surface area (Å²) in [5.74, 6) is -1.10. The highest BCUT2D eigenvalue weighted by Gasteiger charge is 2.51. The Morgan fingerprint density at radius 3 is 2.02 bits per heavy atom. The number of rotatable bonds is 8. The van der Waals surface area contributed by atoms with Gasteiger partial charge in [0.05, 0.1) is 20.3 Å². The van der Waals surface area contributed by atoms with Gasteiger partial charge in [-0.25, -0.2) is 0 Å². The second-order valence-electron chi connectivity index (χ2n) is 10.3. The molecule has 16 nitrogen and oxygen atoms in total. The highest BCUT2D eigenvalue weighted by atomic mass is 16.8. The summed E-state index contributed by atoms with van der Waals surface area (Å²) in [7, 11) is 1.22. The summed E-state index contributed by atoms with van der Waals surface area (Å²) in [6.07, 6.45) is -17.2. The number of fused-ring (bicyclic) bond motifs is 1. The summed E-state index contributed by atoms with van der Waals surface area (Å²) >= 11 is 0. The van der Waals surface area contributed by atoms with Gasteiger partial charge in [0.2, 0.25) is 12.0 Å². The molecule has 2 fully saturated rings. The molecule has 2 aliphatic heterocycles. The molecule has 9 N–H and O–H groups in total. The van der Waals surface area contributed by atoms with Crippen LogP contribution in [0.4, 0.5) is 0 Å². The minimum Gasteiger partial charge on any atom is -0.508 e. The molecule has 5 rings (SSSR count). The average molecular weight is 625 g/mol. The maximum atomic E-state index is 13.1. The third-order valence-corrected chi connectivity index (χ3v) is 7.47. The Labute approximate surface area is 248 Å². The van der Waals surface area contributed by atoms with Crippen molar-refractivity contribution in [1.29, 1.82) is 0 Å². The van der Waals surface area contributed by atoms with Gasteiger partial charge in [0, 0.05) is 17.7 Å². The molecule has 44 heavy (non-hydrogen) atoms. The van der Waals surface area contributed by atoms with E-state index in [1.807, 2.05) is 0 Å². The molecule has 3 heterocycles. The molecule has 16 heteroatoms. The number of phenols is 2. The van der Waals surface area contributed by atoms with Gasteiger partial charge in [-0.15, -0.1) is 0 Å². The lowest BCUT2D eigenvalue weighted by molar-refractivity contribution is -0.357. The zero-order valence-corrected chi connectivity index (χ0v) is 23.0. The molecule has 0 bridgehead atoms. The van der Waals surface area contributed by atoms with Crippen molar-refractivity contribution in [2.75, 3.05) is 20.3 Å². The van der Waals surface area contributed by atoms with Gasteiger partial charge in [0.15, 0.2) is 29.2 Å². The monoisotopic (exact) mass is 624 g/mol. The minimum absolute atomic E-state index is 0.00220. The van der Waals surface area contributed by atoms with Crippen molar-refractivity contribution in [2.24, 2.45) is 0 Å². The molecule has 0 amide bonds. The maximum absolute atomic E-state index is 13.1. The Bertz CT molecular complexity index is 1510. The first-order valence-electron chi connectivity index (χ1n) is 13.4. The smallest absolute Gasteiger partial charge is 0.230 e. The van der Waals surface area contributed by atoms with Crippen LogP contribution in [0, 0.1) is 0 Å². The van der Waals surface area contributed by atoms with Gasteiger partial charge < -0.3 is 74.1 Å². The molecule has 0 saturated carbocycles. The summed E-state index contributed by atoms with van der Waals surface area (Å²) in [4.78, 5) is 13.1. The molecule has 3 aromatic rings. The molecule has 2 aromatic carbocycles. The molecule has 2 saturated heterocycles. The third kappa shape index (κ3) is 5.80. The van der Waals surface area contributed by atoms with Gasteiger partial charge >= 0.3 is 0 Å². The first-order valence-corrected chi connectivity index (χ1v) is 13.4. The van der Waals surface area contributed by atoms with Crippen molar-refractivity contribution in [1.82, 2.24) is 0 Å². The minimum atomic E-state index is -1.90. The van der Waals surface area contributed by atoms with E-state index in [2.05, 4.69) is 0 Å². The fourth-order valence-electron chi connectivity index (χ4n) is 5.05. The van der Waals surface area contributed by atoms with E-state index in [9.17, 15) is 50.8 Å². The van der Waals surface area contributed by atoms with Crippen LogP contribution in [0.25, 0.3) is 22.3 Å². The summed E-state index contributed by atoms with van der Waals surface area (Å²) in [6.45, 7) is -1.57. The lowest BCUT2D eigenvalue weighted by Gasteiger charge is -2.45. The van der Waals surface area contributed by atoms with Crippen LogP contribution >= 0.6 is 0 Å². The number of hydrogen-bond acceptors (Lipinski definition) is 16. The van der Waals surface area contributed by atoms with Gasteiger partial charge in [-0.1, -0.05) is 0 Å². The lowest BCUT2D eigenvalue weighted by Crippen LogP contribution is -2.65. The van der Waals surface area contributed by atoms with E-state index in [1.54, 1.807) is 0 Å². The van der Waals surface area contributed by atoms with E-state index < -0.39 is 85.8 Å². The number of aliphatic hydroxyl groups excluding tert-OH is 7. The quantitative estimate of drug-likeness (QED) is 0.130. The summed E-state index contributed by atoms with van der Waals surface area (Å²) in [6, 6.07) is 7.82. The Hall–Kier alpha value is -3.55. The fourth-order valence-corrected chi connectivity index (χ4v) is 5.05. The summed E-state index contributed by atoms with van der Waals surface area (Å²) in [5.41, 5.74) is -0.665. The molecule has 10 atom stereocenters. The number of hydrogen-bond donors (Lipinski definition) is 9. The number of ether oxygens (including phenoxy) is 5. The molecule has 0 aliphatic carbocycles. The molecular weight excluding hydrogens is 592 g/mol. The van der Waals surface area contributed by atoms with Gasteiger partial charge in [-0.2, -0.15) is 0 Å². The van der Waals surface area contributed by atoms with Gasteiger partial charge in [-0.3, -0.25) is 4.79 Å².